The van der Waals surface area contributed by atoms with Gasteiger partial charge in [0.15, 0.2) is 5.89 Å². The Kier molecular flexibility index (Phi) is 4.67. The number of oxazole rings is 1. The molecule has 0 saturated carbocycles. The van der Waals surface area contributed by atoms with Crippen LogP contribution in [-0.2, 0) is 24.3 Å². The van der Waals surface area contributed by atoms with Crippen LogP contribution in [0.1, 0.15) is 17.3 Å². The van der Waals surface area contributed by atoms with Gasteiger partial charge in [-0.25, -0.2) is 4.98 Å². The number of hydrogen-bond acceptors (Lipinski definition) is 4. The van der Waals surface area contributed by atoms with E-state index in [-0.39, 0.29) is 12.5 Å². The molecule has 1 amide bonds. The predicted molar refractivity (Wildman–Crippen MR) is 113 cm³/mol. The van der Waals surface area contributed by atoms with Gasteiger partial charge in [0.1, 0.15) is 12.3 Å². The molecule has 0 radical (unpaired) electrons. The number of carbonyl (C=O) groups excluding carboxylic acids is 1. The second-order valence-electron chi connectivity index (χ2n) is 7.47. The SMILES string of the molecule is Cc1nc2c(o1)CN(C(=O)Cn1nc(-c3ccccc3)cc1-c1ccccc1)CC2. The van der Waals surface area contributed by atoms with Gasteiger partial charge in [0.25, 0.3) is 0 Å². The van der Waals surface area contributed by atoms with Crippen LogP contribution < -0.4 is 0 Å². The van der Waals surface area contributed by atoms with Crippen molar-refractivity contribution in [3.05, 3.63) is 84.1 Å². The molecule has 0 saturated heterocycles. The van der Waals surface area contributed by atoms with Gasteiger partial charge in [-0.05, 0) is 11.6 Å². The van der Waals surface area contributed by atoms with Crippen molar-refractivity contribution in [1.29, 1.82) is 0 Å². The second kappa shape index (κ2) is 7.63. The minimum Gasteiger partial charge on any atom is -0.444 e. The molecule has 4 aromatic rings. The minimum atomic E-state index is 0.0228. The molecule has 30 heavy (non-hydrogen) atoms. The fourth-order valence-corrected chi connectivity index (χ4v) is 3.89. The molecule has 1 aliphatic rings. The third kappa shape index (κ3) is 3.52. The van der Waals surface area contributed by atoms with E-state index in [1.807, 2.05) is 78.6 Å². The van der Waals surface area contributed by atoms with Gasteiger partial charge in [0.05, 0.1) is 23.6 Å². The van der Waals surface area contributed by atoms with Crippen molar-refractivity contribution in [2.75, 3.05) is 6.54 Å². The summed E-state index contributed by atoms with van der Waals surface area (Å²) in [5, 5.41) is 4.77. The lowest BCUT2D eigenvalue weighted by Crippen LogP contribution is -2.38. The normalized spacial score (nSPS) is 13.3. The van der Waals surface area contributed by atoms with E-state index in [0.717, 1.165) is 40.4 Å². The topological polar surface area (TPSA) is 64.2 Å². The van der Waals surface area contributed by atoms with Crippen molar-refractivity contribution in [3.63, 3.8) is 0 Å². The number of benzene rings is 2. The fourth-order valence-electron chi connectivity index (χ4n) is 3.89. The van der Waals surface area contributed by atoms with Crippen LogP contribution in [0.2, 0.25) is 0 Å². The molecule has 3 heterocycles. The van der Waals surface area contributed by atoms with Gasteiger partial charge in [-0.15, -0.1) is 0 Å². The molecule has 0 unspecified atom stereocenters. The van der Waals surface area contributed by atoms with Crippen LogP contribution in [-0.4, -0.2) is 32.1 Å². The summed E-state index contributed by atoms with van der Waals surface area (Å²) in [5.74, 6) is 1.47. The Labute approximate surface area is 174 Å². The largest absolute Gasteiger partial charge is 0.444 e. The molecule has 0 spiro atoms. The van der Waals surface area contributed by atoms with E-state index in [0.29, 0.717) is 19.0 Å². The Morgan fingerprint density at radius 2 is 1.73 bits per heavy atom. The summed E-state index contributed by atoms with van der Waals surface area (Å²) in [4.78, 5) is 19.3. The summed E-state index contributed by atoms with van der Waals surface area (Å²) in [7, 11) is 0. The summed E-state index contributed by atoms with van der Waals surface area (Å²) < 4.78 is 7.47. The van der Waals surface area contributed by atoms with Gasteiger partial charge in [-0.3, -0.25) is 9.48 Å². The smallest absolute Gasteiger partial charge is 0.244 e. The number of amides is 1. The third-order valence-electron chi connectivity index (χ3n) is 5.39. The van der Waals surface area contributed by atoms with E-state index in [1.54, 1.807) is 4.68 Å². The molecular formula is C24H22N4O2. The minimum absolute atomic E-state index is 0.0228. The number of nitrogens with zero attached hydrogens (tertiary/aromatic N) is 4. The van der Waals surface area contributed by atoms with E-state index in [4.69, 9.17) is 9.52 Å². The Morgan fingerprint density at radius 3 is 2.47 bits per heavy atom. The highest BCUT2D eigenvalue weighted by Gasteiger charge is 2.26. The molecule has 150 valence electrons. The predicted octanol–water partition coefficient (Wildman–Crippen LogP) is 4.10. The van der Waals surface area contributed by atoms with Crippen LogP contribution >= 0.6 is 0 Å². The number of fused-ring (bicyclic) bond motifs is 1. The maximum absolute atomic E-state index is 13.1. The van der Waals surface area contributed by atoms with Gasteiger partial charge in [0.2, 0.25) is 5.91 Å². The average Bonchev–Trinajstić information content (AvgIpc) is 3.37. The number of rotatable bonds is 4. The quantitative estimate of drug-likeness (QED) is 0.519. The maximum atomic E-state index is 13.1. The Hall–Kier alpha value is -3.67. The standard InChI is InChI=1S/C24H22N4O2/c1-17-25-20-12-13-27(15-23(20)30-17)24(29)16-28-22(19-10-6-3-7-11-19)14-21(26-28)18-8-4-2-5-9-18/h2-11,14H,12-13,15-16H2,1H3. The van der Waals surface area contributed by atoms with E-state index < -0.39 is 0 Å². The van der Waals surface area contributed by atoms with Gasteiger partial charge >= 0.3 is 0 Å². The fraction of sp³-hybridized carbons (Fsp3) is 0.208. The Bertz CT molecular complexity index is 1180. The first-order valence-corrected chi connectivity index (χ1v) is 10.1. The molecule has 0 bridgehead atoms. The molecule has 6 nitrogen and oxygen atoms in total. The highest BCUT2D eigenvalue weighted by Crippen LogP contribution is 2.27. The number of hydrogen-bond donors (Lipinski definition) is 0. The van der Waals surface area contributed by atoms with Crippen molar-refractivity contribution < 1.29 is 9.21 Å². The lowest BCUT2D eigenvalue weighted by Gasteiger charge is -2.25. The lowest BCUT2D eigenvalue weighted by atomic mass is 10.1. The zero-order valence-electron chi connectivity index (χ0n) is 16.8. The van der Waals surface area contributed by atoms with Crippen molar-refractivity contribution in [3.8, 4) is 22.5 Å². The number of aromatic nitrogens is 3. The van der Waals surface area contributed by atoms with Gasteiger partial charge in [0, 0.05) is 25.5 Å². The summed E-state index contributed by atoms with van der Waals surface area (Å²) >= 11 is 0. The molecular weight excluding hydrogens is 376 g/mol. The molecule has 0 fully saturated rings. The van der Waals surface area contributed by atoms with Gasteiger partial charge in [-0.2, -0.15) is 5.10 Å². The maximum Gasteiger partial charge on any atom is 0.244 e. The second-order valence-corrected chi connectivity index (χ2v) is 7.47. The van der Waals surface area contributed by atoms with Crippen LogP contribution in [0.15, 0.2) is 71.1 Å². The summed E-state index contributed by atoms with van der Waals surface area (Å²) in [6.45, 7) is 3.12. The molecule has 2 aromatic carbocycles. The van der Waals surface area contributed by atoms with E-state index >= 15 is 0 Å². The summed E-state index contributed by atoms with van der Waals surface area (Å²) in [6, 6.07) is 22.1. The Morgan fingerprint density at radius 1 is 1.03 bits per heavy atom. The van der Waals surface area contributed by atoms with Crippen molar-refractivity contribution in [1.82, 2.24) is 19.7 Å². The van der Waals surface area contributed by atoms with E-state index in [9.17, 15) is 4.79 Å². The first kappa shape index (κ1) is 18.4. The first-order chi connectivity index (χ1) is 14.7. The first-order valence-electron chi connectivity index (χ1n) is 10.1. The molecule has 0 aliphatic carbocycles. The van der Waals surface area contributed by atoms with Crippen LogP contribution in [0, 0.1) is 6.92 Å². The third-order valence-corrected chi connectivity index (χ3v) is 5.39. The van der Waals surface area contributed by atoms with Crippen LogP contribution in [0.3, 0.4) is 0 Å². The van der Waals surface area contributed by atoms with E-state index in [2.05, 4.69) is 4.98 Å². The van der Waals surface area contributed by atoms with Crippen LogP contribution in [0.5, 0.6) is 0 Å². The lowest BCUT2D eigenvalue weighted by molar-refractivity contribution is -0.133. The van der Waals surface area contributed by atoms with Gasteiger partial charge < -0.3 is 9.32 Å². The van der Waals surface area contributed by atoms with Crippen LogP contribution in [0.25, 0.3) is 22.5 Å². The van der Waals surface area contributed by atoms with Crippen LogP contribution in [0.4, 0.5) is 0 Å². The zero-order chi connectivity index (χ0) is 20.5. The van der Waals surface area contributed by atoms with Crippen molar-refractivity contribution in [2.24, 2.45) is 0 Å². The van der Waals surface area contributed by atoms with Crippen molar-refractivity contribution >= 4 is 5.91 Å². The molecule has 0 N–H and O–H groups in total. The summed E-state index contributed by atoms with van der Waals surface area (Å²) in [5.41, 5.74) is 4.81. The zero-order valence-corrected chi connectivity index (χ0v) is 16.8. The number of carbonyl (C=O) groups is 1. The number of aryl methyl sites for hydroxylation is 1. The van der Waals surface area contributed by atoms with E-state index in [1.165, 1.54) is 0 Å². The highest BCUT2D eigenvalue weighted by molar-refractivity contribution is 5.78. The molecule has 6 heteroatoms. The average molecular weight is 398 g/mol. The van der Waals surface area contributed by atoms with Gasteiger partial charge in [-0.1, -0.05) is 60.7 Å². The molecule has 5 rings (SSSR count). The monoisotopic (exact) mass is 398 g/mol. The molecule has 1 aliphatic heterocycles. The molecule has 0 atom stereocenters. The molecule has 2 aromatic heterocycles. The summed E-state index contributed by atoms with van der Waals surface area (Å²) in [6.07, 6.45) is 0.721. The van der Waals surface area contributed by atoms with Crippen molar-refractivity contribution in [2.45, 2.75) is 26.4 Å². The highest BCUT2D eigenvalue weighted by atomic mass is 16.4. The Balaban J connectivity index is 1.44.